The van der Waals surface area contributed by atoms with Gasteiger partial charge in [-0.2, -0.15) is 0 Å². The lowest BCUT2D eigenvalue weighted by atomic mass is 10.2. The van der Waals surface area contributed by atoms with Crippen molar-refractivity contribution in [1.82, 2.24) is 9.97 Å². The number of fused-ring (bicyclic) bond motifs is 1. The van der Waals surface area contributed by atoms with Crippen LogP contribution < -0.4 is 11.0 Å². The van der Waals surface area contributed by atoms with E-state index in [9.17, 15) is 14.4 Å². The van der Waals surface area contributed by atoms with E-state index in [0.29, 0.717) is 22.3 Å². The molecule has 26 heavy (non-hydrogen) atoms. The number of thioether (sulfide) groups is 1. The predicted molar refractivity (Wildman–Crippen MR) is 101 cm³/mol. The molecule has 3 rings (SSSR count). The second-order valence-electron chi connectivity index (χ2n) is 5.58. The number of anilines is 1. The summed E-state index contributed by atoms with van der Waals surface area (Å²) >= 11 is 1.43. The Labute approximate surface area is 153 Å². The first-order chi connectivity index (χ1) is 12.5. The van der Waals surface area contributed by atoms with Gasteiger partial charge in [0.25, 0.3) is 5.91 Å². The average Bonchev–Trinajstić information content (AvgIpc) is 3.00. The van der Waals surface area contributed by atoms with Crippen LogP contribution in [-0.4, -0.2) is 34.2 Å². The fourth-order valence-electron chi connectivity index (χ4n) is 2.45. The first-order valence-corrected chi connectivity index (χ1v) is 9.07. The maximum absolute atomic E-state index is 12.3. The molecule has 1 atom stereocenters. The third-order valence-electron chi connectivity index (χ3n) is 3.76. The Morgan fingerprint density at radius 2 is 1.85 bits per heavy atom. The molecule has 0 aliphatic carbocycles. The number of hydrogen-bond acceptors (Lipinski definition) is 5. The molecule has 1 heterocycles. The van der Waals surface area contributed by atoms with Crippen LogP contribution >= 0.6 is 11.8 Å². The predicted octanol–water partition coefficient (Wildman–Crippen LogP) is 2.76. The van der Waals surface area contributed by atoms with Crippen LogP contribution in [0.15, 0.2) is 52.2 Å². The Morgan fingerprint density at radius 3 is 2.62 bits per heavy atom. The van der Waals surface area contributed by atoms with Gasteiger partial charge in [-0.3, -0.25) is 4.79 Å². The summed E-state index contributed by atoms with van der Waals surface area (Å²) < 4.78 is 5.28. The van der Waals surface area contributed by atoms with Gasteiger partial charge in [-0.1, -0.05) is 12.1 Å². The Balaban J connectivity index is 1.68. The molecule has 0 unspecified atom stereocenters. The zero-order valence-electron chi connectivity index (χ0n) is 14.2. The first kappa shape index (κ1) is 17.8. The molecule has 0 radical (unpaired) electrons. The first-order valence-electron chi connectivity index (χ1n) is 7.85. The number of esters is 1. The lowest BCUT2D eigenvalue weighted by Gasteiger charge is -2.14. The minimum atomic E-state index is -0.974. The molecule has 134 valence electrons. The monoisotopic (exact) mass is 371 g/mol. The lowest BCUT2D eigenvalue weighted by molar-refractivity contribution is -0.123. The van der Waals surface area contributed by atoms with Crippen molar-refractivity contribution in [3.05, 3.63) is 58.5 Å². The number of amides is 1. The molecule has 0 fully saturated rings. The summed E-state index contributed by atoms with van der Waals surface area (Å²) in [5.74, 6) is -1.01. The lowest BCUT2D eigenvalue weighted by Crippen LogP contribution is -2.30. The van der Waals surface area contributed by atoms with Crippen LogP contribution in [0, 0.1) is 0 Å². The number of imidazole rings is 1. The van der Waals surface area contributed by atoms with E-state index in [-0.39, 0.29) is 5.69 Å². The molecule has 0 saturated heterocycles. The largest absolute Gasteiger partial charge is 0.449 e. The molecule has 2 aromatic carbocycles. The number of benzene rings is 2. The number of carbonyl (C=O) groups is 2. The van der Waals surface area contributed by atoms with Gasteiger partial charge < -0.3 is 20.0 Å². The summed E-state index contributed by atoms with van der Waals surface area (Å²) in [5.41, 5.74) is 1.81. The van der Waals surface area contributed by atoms with Gasteiger partial charge in [0.2, 0.25) is 0 Å². The molecule has 0 aliphatic rings. The third kappa shape index (κ3) is 3.80. The van der Waals surface area contributed by atoms with Crippen LogP contribution in [0.2, 0.25) is 0 Å². The quantitative estimate of drug-likeness (QED) is 0.473. The Morgan fingerprint density at radius 1 is 1.12 bits per heavy atom. The van der Waals surface area contributed by atoms with Gasteiger partial charge >= 0.3 is 11.7 Å². The van der Waals surface area contributed by atoms with Crippen molar-refractivity contribution < 1.29 is 14.3 Å². The molecule has 0 saturated carbocycles. The molecule has 8 heteroatoms. The number of H-pyrrole nitrogens is 2. The van der Waals surface area contributed by atoms with Crippen molar-refractivity contribution in [2.75, 3.05) is 11.6 Å². The van der Waals surface area contributed by atoms with E-state index in [0.717, 1.165) is 4.90 Å². The smallest absolute Gasteiger partial charge is 0.340 e. The second kappa shape index (κ2) is 7.49. The topological polar surface area (TPSA) is 104 Å². The van der Waals surface area contributed by atoms with Gasteiger partial charge in [-0.15, -0.1) is 11.8 Å². The molecule has 1 amide bonds. The normalized spacial score (nSPS) is 11.9. The zero-order chi connectivity index (χ0) is 18.7. The molecule has 3 aromatic rings. The fourth-order valence-corrected chi connectivity index (χ4v) is 3.03. The summed E-state index contributed by atoms with van der Waals surface area (Å²) in [6, 6.07) is 12.0. The SMILES string of the molecule is CSc1ccccc1C(=O)O[C@H](C)C(=O)Nc1ccc2[nH]c(=O)[nH]c2c1. The standard InChI is InChI=1S/C18H17N3O4S/c1-10(25-17(23)12-5-3-4-6-15(12)26-2)16(22)19-11-7-8-13-14(9-11)21-18(24)20-13/h3-10H,1-2H3,(H,19,22)(H2,20,21,24)/t10-/m1/s1. The fraction of sp³-hybridized carbons (Fsp3) is 0.167. The molecule has 7 nitrogen and oxygen atoms in total. The van der Waals surface area contributed by atoms with Gasteiger partial charge in [0.05, 0.1) is 16.6 Å². The summed E-state index contributed by atoms with van der Waals surface area (Å²) in [6.07, 6.45) is 0.891. The number of rotatable bonds is 5. The van der Waals surface area contributed by atoms with E-state index in [1.807, 2.05) is 18.4 Å². The number of nitrogens with one attached hydrogen (secondary N) is 3. The third-order valence-corrected chi connectivity index (χ3v) is 4.56. The zero-order valence-corrected chi connectivity index (χ0v) is 15.0. The van der Waals surface area contributed by atoms with Crippen LogP contribution in [0.5, 0.6) is 0 Å². The van der Waals surface area contributed by atoms with Crippen molar-refractivity contribution >= 4 is 40.4 Å². The average molecular weight is 371 g/mol. The second-order valence-corrected chi connectivity index (χ2v) is 6.42. The highest BCUT2D eigenvalue weighted by atomic mass is 32.2. The van der Waals surface area contributed by atoms with Gasteiger partial charge in [0.15, 0.2) is 6.10 Å². The Kier molecular flexibility index (Phi) is 5.13. The molecule has 3 N–H and O–H groups in total. The number of carbonyl (C=O) groups excluding carboxylic acids is 2. The Bertz CT molecular complexity index is 1020. The maximum Gasteiger partial charge on any atom is 0.340 e. The van der Waals surface area contributed by atoms with Crippen LogP contribution in [0.3, 0.4) is 0 Å². The van der Waals surface area contributed by atoms with E-state index >= 15 is 0 Å². The van der Waals surface area contributed by atoms with Crippen LogP contribution in [0.4, 0.5) is 5.69 Å². The van der Waals surface area contributed by atoms with E-state index in [2.05, 4.69) is 15.3 Å². The molecule has 0 spiro atoms. The number of hydrogen-bond donors (Lipinski definition) is 3. The molecule has 0 aliphatic heterocycles. The van der Waals surface area contributed by atoms with Crippen molar-refractivity contribution in [2.45, 2.75) is 17.9 Å². The van der Waals surface area contributed by atoms with Crippen molar-refractivity contribution in [3.63, 3.8) is 0 Å². The Hall–Kier alpha value is -3.00. The summed E-state index contributed by atoms with van der Waals surface area (Å²) in [6.45, 7) is 1.51. The van der Waals surface area contributed by atoms with E-state index in [1.54, 1.807) is 30.3 Å². The van der Waals surface area contributed by atoms with E-state index in [1.165, 1.54) is 18.7 Å². The summed E-state index contributed by atoms with van der Waals surface area (Å²) in [5, 5.41) is 2.67. The van der Waals surface area contributed by atoms with Gasteiger partial charge in [-0.25, -0.2) is 9.59 Å². The highest BCUT2D eigenvalue weighted by molar-refractivity contribution is 7.98. The summed E-state index contributed by atoms with van der Waals surface area (Å²) in [7, 11) is 0. The molecular formula is C18H17N3O4S. The van der Waals surface area contributed by atoms with Crippen molar-refractivity contribution in [2.24, 2.45) is 0 Å². The number of aromatic amines is 2. The molecule has 1 aromatic heterocycles. The highest BCUT2D eigenvalue weighted by Gasteiger charge is 2.20. The maximum atomic E-state index is 12.3. The van der Waals surface area contributed by atoms with Crippen molar-refractivity contribution in [3.8, 4) is 0 Å². The van der Waals surface area contributed by atoms with E-state index in [4.69, 9.17) is 4.74 Å². The minimum absolute atomic E-state index is 0.321. The molecule has 0 bridgehead atoms. The van der Waals surface area contributed by atoms with Gasteiger partial charge in [0, 0.05) is 10.6 Å². The molecular weight excluding hydrogens is 354 g/mol. The van der Waals surface area contributed by atoms with Gasteiger partial charge in [0.1, 0.15) is 0 Å². The number of ether oxygens (including phenoxy) is 1. The van der Waals surface area contributed by atoms with Gasteiger partial charge in [-0.05, 0) is 43.5 Å². The highest BCUT2D eigenvalue weighted by Crippen LogP contribution is 2.21. The minimum Gasteiger partial charge on any atom is -0.449 e. The van der Waals surface area contributed by atoms with Crippen LogP contribution in [-0.2, 0) is 9.53 Å². The number of aromatic nitrogens is 2. The summed E-state index contributed by atoms with van der Waals surface area (Å²) in [4.78, 5) is 41.9. The van der Waals surface area contributed by atoms with E-state index < -0.39 is 18.0 Å². The van der Waals surface area contributed by atoms with Crippen LogP contribution in [0.25, 0.3) is 11.0 Å². The van der Waals surface area contributed by atoms with Crippen LogP contribution in [0.1, 0.15) is 17.3 Å². The van der Waals surface area contributed by atoms with Crippen molar-refractivity contribution in [1.29, 1.82) is 0 Å².